The summed E-state index contributed by atoms with van der Waals surface area (Å²) in [5.41, 5.74) is 10.9. The quantitative estimate of drug-likeness (QED) is 0.855. The molecule has 2 unspecified atom stereocenters. The first-order chi connectivity index (χ1) is 9.16. The van der Waals surface area contributed by atoms with Crippen LogP contribution in [0.4, 0.5) is 5.82 Å². The van der Waals surface area contributed by atoms with Gasteiger partial charge in [-0.25, -0.2) is 0 Å². The molecule has 3 heteroatoms. The van der Waals surface area contributed by atoms with Crippen LogP contribution < -0.4 is 5.73 Å². The number of aromatic amines is 1. The van der Waals surface area contributed by atoms with Gasteiger partial charge in [0.1, 0.15) is 0 Å². The average molecular weight is 255 g/mol. The minimum Gasteiger partial charge on any atom is -0.382 e. The molecule has 1 aliphatic carbocycles. The number of nitrogens with one attached hydrogen (secondary N) is 1. The van der Waals surface area contributed by atoms with E-state index in [4.69, 9.17) is 5.73 Å². The van der Waals surface area contributed by atoms with Crippen molar-refractivity contribution in [3.63, 3.8) is 0 Å². The molecule has 19 heavy (non-hydrogen) atoms. The van der Waals surface area contributed by atoms with Crippen molar-refractivity contribution in [1.82, 2.24) is 10.2 Å². The summed E-state index contributed by atoms with van der Waals surface area (Å²) in [4.78, 5) is 0. The molecule has 0 spiro atoms. The van der Waals surface area contributed by atoms with Crippen molar-refractivity contribution in [2.45, 2.75) is 39.0 Å². The van der Waals surface area contributed by atoms with Crippen LogP contribution in [-0.4, -0.2) is 10.2 Å². The van der Waals surface area contributed by atoms with Crippen LogP contribution in [0.5, 0.6) is 0 Å². The zero-order chi connectivity index (χ0) is 13.4. The molecule has 1 saturated carbocycles. The SMILES string of the molecule is Cc1cccc(-c2c(N)n[nH]c2C2CCCC2C)c1. The van der Waals surface area contributed by atoms with Crippen molar-refractivity contribution in [3.8, 4) is 11.1 Å². The predicted octanol–water partition coefficient (Wildman–Crippen LogP) is 3.87. The maximum atomic E-state index is 6.09. The van der Waals surface area contributed by atoms with Gasteiger partial charge in [0.05, 0.1) is 0 Å². The summed E-state index contributed by atoms with van der Waals surface area (Å²) < 4.78 is 0. The highest BCUT2D eigenvalue weighted by molar-refractivity contribution is 5.77. The Balaban J connectivity index is 2.08. The normalized spacial score (nSPS) is 22.8. The van der Waals surface area contributed by atoms with E-state index in [1.165, 1.54) is 36.1 Å². The Morgan fingerprint density at radius 3 is 2.84 bits per heavy atom. The van der Waals surface area contributed by atoms with Crippen LogP contribution in [0.1, 0.15) is 43.4 Å². The molecule has 1 fully saturated rings. The van der Waals surface area contributed by atoms with E-state index in [1.54, 1.807) is 0 Å². The maximum absolute atomic E-state index is 6.09. The zero-order valence-corrected chi connectivity index (χ0v) is 11.6. The second kappa shape index (κ2) is 4.72. The highest BCUT2D eigenvalue weighted by atomic mass is 15.2. The zero-order valence-electron chi connectivity index (χ0n) is 11.6. The Hall–Kier alpha value is -1.77. The number of anilines is 1. The molecule has 2 atom stereocenters. The molecule has 1 aromatic carbocycles. The molecule has 2 aromatic rings. The van der Waals surface area contributed by atoms with E-state index in [-0.39, 0.29) is 0 Å². The second-order valence-electron chi connectivity index (χ2n) is 5.78. The Kier molecular flexibility index (Phi) is 3.05. The number of hydrogen-bond donors (Lipinski definition) is 2. The molecular formula is C16H21N3. The summed E-state index contributed by atoms with van der Waals surface area (Å²) >= 11 is 0. The topological polar surface area (TPSA) is 54.7 Å². The van der Waals surface area contributed by atoms with Crippen LogP contribution in [0.2, 0.25) is 0 Å². The van der Waals surface area contributed by atoms with Crippen molar-refractivity contribution in [1.29, 1.82) is 0 Å². The van der Waals surface area contributed by atoms with Crippen LogP contribution in [0.25, 0.3) is 11.1 Å². The fraction of sp³-hybridized carbons (Fsp3) is 0.438. The predicted molar refractivity (Wildman–Crippen MR) is 78.9 cm³/mol. The number of aryl methyl sites for hydroxylation is 1. The summed E-state index contributed by atoms with van der Waals surface area (Å²) in [5, 5.41) is 7.44. The minimum absolute atomic E-state index is 0.570. The smallest absolute Gasteiger partial charge is 0.153 e. The number of rotatable bonds is 2. The molecule has 3 N–H and O–H groups in total. The van der Waals surface area contributed by atoms with E-state index >= 15 is 0 Å². The van der Waals surface area contributed by atoms with E-state index in [0.29, 0.717) is 17.7 Å². The summed E-state index contributed by atoms with van der Waals surface area (Å²) in [5.74, 6) is 1.91. The Morgan fingerprint density at radius 1 is 1.32 bits per heavy atom. The van der Waals surface area contributed by atoms with Crippen LogP contribution in [0.3, 0.4) is 0 Å². The lowest BCUT2D eigenvalue weighted by molar-refractivity contribution is 0.522. The van der Waals surface area contributed by atoms with E-state index in [1.807, 2.05) is 0 Å². The van der Waals surface area contributed by atoms with Gasteiger partial charge >= 0.3 is 0 Å². The molecule has 0 saturated heterocycles. The summed E-state index contributed by atoms with van der Waals surface area (Å²) in [7, 11) is 0. The third-order valence-electron chi connectivity index (χ3n) is 4.36. The monoisotopic (exact) mass is 255 g/mol. The molecule has 3 nitrogen and oxygen atoms in total. The molecule has 1 aliphatic rings. The van der Waals surface area contributed by atoms with E-state index in [9.17, 15) is 0 Å². The lowest BCUT2D eigenvalue weighted by Gasteiger charge is -2.16. The van der Waals surface area contributed by atoms with Crippen LogP contribution >= 0.6 is 0 Å². The van der Waals surface area contributed by atoms with Crippen LogP contribution in [0, 0.1) is 12.8 Å². The number of hydrogen-bond acceptors (Lipinski definition) is 2. The average Bonchev–Trinajstić information content (AvgIpc) is 2.95. The highest BCUT2D eigenvalue weighted by Crippen LogP contribution is 2.43. The van der Waals surface area contributed by atoms with E-state index in [2.05, 4.69) is 48.3 Å². The van der Waals surface area contributed by atoms with Gasteiger partial charge in [-0.2, -0.15) is 5.10 Å². The van der Waals surface area contributed by atoms with E-state index in [0.717, 1.165) is 5.56 Å². The van der Waals surface area contributed by atoms with E-state index < -0.39 is 0 Å². The summed E-state index contributed by atoms with van der Waals surface area (Å²) in [6.07, 6.45) is 3.84. The molecule has 100 valence electrons. The maximum Gasteiger partial charge on any atom is 0.153 e. The number of aromatic nitrogens is 2. The van der Waals surface area contributed by atoms with Gasteiger partial charge in [0.25, 0.3) is 0 Å². The van der Waals surface area contributed by atoms with Gasteiger partial charge in [-0.05, 0) is 24.8 Å². The lowest BCUT2D eigenvalue weighted by atomic mass is 9.89. The molecule has 0 radical (unpaired) electrons. The van der Waals surface area contributed by atoms with Crippen molar-refractivity contribution in [3.05, 3.63) is 35.5 Å². The standard InChI is InChI=1S/C16H21N3/c1-10-5-3-7-12(9-10)14-15(18-19-16(14)17)13-8-4-6-11(13)2/h3,5,7,9,11,13H,4,6,8H2,1-2H3,(H3,17,18,19). The van der Waals surface area contributed by atoms with Gasteiger partial charge in [-0.3, -0.25) is 5.10 Å². The first-order valence-corrected chi connectivity index (χ1v) is 7.07. The van der Waals surface area contributed by atoms with Crippen molar-refractivity contribution in [2.75, 3.05) is 5.73 Å². The van der Waals surface area contributed by atoms with Crippen LogP contribution in [-0.2, 0) is 0 Å². The first-order valence-electron chi connectivity index (χ1n) is 7.07. The molecule has 0 amide bonds. The van der Waals surface area contributed by atoms with Crippen molar-refractivity contribution < 1.29 is 0 Å². The first kappa shape index (κ1) is 12.3. The van der Waals surface area contributed by atoms with Gasteiger partial charge in [0.2, 0.25) is 0 Å². The molecule has 3 rings (SSSR count). The van der Waals surface area contributed by atoms with Gasteiger partial charge < -0.3 is 5.73 Å². The molecular weight excluding hydrogens is 234 g/mol. The van der Waals surface area contributed by atoms with Gasteiger partial charge in [0.15, 0.2) is 5.82 Å². The Labute approximate surface area is 114 Å². The molecule has 0 aliphatic heterocycles. The summed E-state index contributed by atoms with van der Waals surface area (Å²) in [6.45, 7) is 4.44. The Bertz CT molecular complexity index is 585. The van der Waals surface area contributed by atoms with Gasteiger partial charge in [0, 0.05) is 17.2 Å². The number of nitrogen functional groups attached to an aromatic ring is 1. The molecule has 1 heterocycles. The third-order valence-corrected chi connectivity index (χ3v) is 4.36. The molecule has 0 bridgehead atoms. The third kappa shape index (κ3) is 2.14. The molecule has 1 aromatic heterocycles. The van der Waals surface area contributed by atoms with Crippen LogP contribution in [0.15, 0.2) is 24.3 Å². The fourth-order valence-electron chi connectivity index (χ4n) is 3.32. The number of nitrogens with two attached hydrogens (primary N) is 1. The second-order valence-corrected chi connectivity index (χ2v) is 5.78. The lowest BCUT2D eigenvalue weighted by Crippen LogP contribution is -2.04. The largest absolute Gasteiger partial charge is 0.382 e. The van der Waals surface area contributed by atoms with Crippen molar-refractivity contribution in [2.24, 2.45) is 5.92 Å². The van der Waals surface area contributed by atoms with Crippen molar-refractivity contribution >= 4 is 5.82 Å². The highest BCUT2D eigenvalue weighted by Gasteiger charge is 2.29. The number of benzene rings is 1. The minimum atomic E-state index is 0.570. The van der Waals surface area contributed by atoms with Gasteiger partial charge in [-0.15, -0.1) is 0 Å². The summed E-state index contributed by atoms with van der Waals surface area (Å²) in [6, 6.07) is 8.50. The fourth-order valence-corrected chi connectivity index (χ4v) is 3.32. The number of nitrogens with zero attached hydrogens (tertiary/aromatic N) is 1. The number of H-pyrrole nitrogens is 1. The Morgan fingerprint density at radius 2 is 2.16 bits per heavy atom. The van der Waals surface area contributed by atoms with Gasteiger partial charge in [-0.1, -0.05) is 49.6 Å².